The van der Waals surface area contributed by atoms with E-state index in [1.165, 1.54) is 21.5 Å². The number of imidazole rings is 1. The molecule has 1 saturated carbocycles. The summed E-state index contributed by atoms with van der Waals surface area (Å²) in [5.41, 5.74) is 1.87. The van der Waals surface area contributed by atoms with Crippen molar-refractivity contribution in [2.24, 2.45) is 11.8 Å². The number of nitrogens with zero attached hydrogens (tertiary/aromatic N) is 7. The van der Waals surface area contributed by atoms with Crippen LogP contribution in [0.25, 0.3) is 16.7 Å². The molecule has 4 atom stereocenters. The van der Waals surface area contributed by atoms with Crippen molar-refractivity contribution < 1.29 is 37.4 Å². The van der Waals surface area contributed by atoms with Crippen molar-refractivity contribution in [2.45, 2.75) is 108 Å². The van der Waals surface area contributed by atoms with Gasteiger partial charge in [0.1, 0.15) is 23.2 Å². The van der Waals surface area contributed by atoms with Crippen LogP contribution >= 0.6 is 0 Å². The Balaban J connectivity index is 0.696. The van der Waals surface area contributed by atoms with Gasteiger partial charge in [-0.3, -0.25) is 33.7 Å². The number of rotatable bonds is 19. The van der Waals surface area contributed by atoms with Gasteiger partial charge in [0.2, 0.25) is 11.8 Å². The highest BCUT2D eigenvalue weighted by Gasteiger charge is 2.40. The van der Waals surface area contributed by atoms with Crippen molar-refractivity contribution in [2.75, 3.05) is 49.7 Å². The molecule has 18 nitrogen and oxygen atoms in total. The summed E-state index contributed by atoms with van der Waals surface area (Å²) in [7, 11) is 0. The number of para-hydroxylation sites is 1. The molecule has 2 bridgehead atoms. The number of halogens is 2. The molecule has 2 unspecified atom stereocenters. The van der Waals surface area contributed by atoms with Crippen LogP contribution in [0.1, 0.15) is 111 Å². The molecular weight excluding hydrogens is 845 g/mol. The van der Waals surface area contributed by atoms with Crippen molar-refractivity contribution in [3.63, 3.8) is 0 Å². The second kappa shape index (κ2) is 19.3. The van der Waals surface area contributed by atoms with Crippen molar-refractivity contribution in [3.8, 4) is 0 Å². The summed E-state index contributed by atoms with van der Waals surface area (Å²) in [4.78, 5) is 72.8. The number of benzene rings is 1. The Morgan fingerprint density at radius 3 is 2.63 bits per heavy atom. The smallest absolute Gasteiger partial charge is 0.327 e. The number of hydrogen-bond acceptors (Lipinski definition) is 12. The summed E-state index contributed by atoms with van der Waals surface area (Å²) in [6.07, 6.45) is 9.32. The minimum absolute atomic E-state index is 0.0353. The number of aromatic amines is 1. The third kappa shape index (κ3) is 9.60. The van der Waals surface area contributed by atoms with E-state index < -0.39 is 30.0 Å². The third-order valence-corrected chi connectivity index (χ3v) is 13.5. The van der Waals surface area contributed by atoms with Crippen LogP contribution in [-0.2, 0) is 30.3 Å². The Hall–Kier alpha value is -5.86. The van der Waals surface area contributed by atoms with Crippen molar-refractivity contribution in [1.82, 2.24) is 44.6 Å². The molecule has 0 radical (unpaired) electrons. The molecular formula is C45H55F2N11O7. The summed E-state index contributed by atoms with van der Waals surface area (Å²) in [6.45, 7) is 5.31. The number of carbonyl (C=O) groups excluding carboxylic acids is 4. The average Bonchev–Trinajstić information content (AvgIpc) is 4.15. The number of hydrogen-bond donors (Lipinski definition) is 4. The number of amides is 3. The molecule has 4 fully saturated rings. The maximum Gasteiger partial charge on any atom is 0.327 e. The SMILES string of the molecule is CC(=O)C(CCCOCCCc1cccc2c1[nH]c(=O)n2C1CCC(=O)NC1=O)CNCC1CCC(n2cc(NC(=O)c3cnn4ccc(N5C[C@H]6C[C@@H]5CO6)nc34)c(C(F)F)n2)CC1. The lowest BCUT2D eigenvalue weighted by molar-refractivity contribution is -0.135. The van der Waals surface area contributed by atoms with Crippen LogP contribution in [-0.4, -0.2) is 109 Å². The Morgan fingerprint density at radius 2 is 1.88 bits per heavy atom. The lowest BCUT2D eigenvalue weighted by atomic mass is 9.86. The average molecular weight is 900 g/mol. The van der Waals surface area contributed by atoms with E-state index in [9.17, 15) is 32.8 Å². The monoisotopic (exact) mass is 899 g/mol. The number of anilines is 2. The van der Waals surface area contributed by atoms with Gasteiger partial charge in [-0.1, -0.05) is 12.1 Å². The Morgan fingerprint density at radius 1 is 1.05 bits per heavy atom. The number of morpholine rings is 1. The first-order valence-corrected chi connectivity index (χ1v) is 22.8. The minimum Gasteiger partial charge on any atom is -0.381 e. The molecule has 7 heterocycles. The lowest BCUT2D eigenvalue weighted by Crippen LogP contribution is -2.43. The van der Waals surface area contributed by atoms with Crippen LogP contribution in [0.5, 0.6) is 0 Å². The fourth-order valence-electron chi connectivity index (χ4n) is 9.98. The standard InChI is InChI=1S/C45H55F2N11O7/c1-26(59)29(7-4-18-64-17-3-6-28-5-2-8-35-39(28)53-45(63)58(35)36-13-14-38(60)52-44(36)62)21-48-20-27-9-11-30(12-10-27)57-24-34(40(54-57)41(46)47)50-43(61)33-22-49-56-16-15-37(51-42(33)56)55-23-32-19-31(55)25-65-32/h2,5,8,15-16,22,24,27,29-32,36,41,48H,3-4,6-7,9-14,17-21,23,25H2,1H3,(H,50,61)(H,53,63)(H,52,60,62)/t27?,29?,30?,31-,32-,36?/m1/s1. The first-order chi connectivity index (χ1) is 31.5. The van der Waals surface area contributed by atoms with Crippen molar-refractivity contribution in [3.05, 3.63) is 70.2 Å². The highest BCUT2D eigenvalue weighted by Crippen LogP contribution is 2.36. The summed E-state index contributed by atoms with van der Waals surface area (Å²) in [5, 5.41) is 17.0. The number of H-pyrrole nitrogens is 1. The fraction of sp³-hybridized carbons (Fsp3) is 0.556. The number of nitrogens with one attached hydrogen (secondary N) is 4. The van der Waals surface area contributed by atoms with E-state index in [0.29, 0.717) is 61.8 Å². The molecule has 3 saturated heterocycles. The Bertz CT molecular complexity index is 2610. The van der Waals surface area contributed by atoms with Crippen LogP contribution in [0.2, 0.25) is 0 Å². The van der Waals surface area contributed by atoms with E-state index in [1.54, 1.807) is 23.9 Å². The molecule has 9 rings (SSSR count). The van der Waals surface area contributed by atoms with Gasteiger partial charge < -0.3 is 30.0 Å². The summed E-state index contributed by atoms with van der Waals surface area (Å²) < 4.78 is 44.7. The number of aryl methyl sites for hydroxylation is 1. The molecule has 0 spiro atoms. The first kappa shape index (κ1) is 44.3. The molecule has 20 heteroatoms. The fourth-order valence-corrected chi connectivity index (χ4v) is 9.98. The molecule has 1 aliphatic carbocycles. The number of aromatic nitrogens is 7. The molecule has 3 amide bonds. The predicted octanol–water partition coefficient (Wildman–Crippen LogP) is 4.67. The largest absolute Gasteiger partial charge is 0.381 e. The molecule has 4 N–H and O–H groups in total. The van der Waals surface area contributed by atoms with Crippen LogP contribution in [0, 0.1) is 11.8 Å². The zero-order valence-corrected chi connectivity index (χ0v) is 36.3. The zero-order chi connectivity index (χ0) is 45.2. The summed E-state index contributed by atoms with van der Waals surface area (Å²) in [6, 6.07) is 6.85. The van der Waals surface area contributed by atoms with Gasteiger partial charge in [0, 0.05) is 51.0 Å². The van der Waals surface area contributed by atoms with E-state index in [0.717, 1.165) is 69.4 Å². The number of Topliss-reactive ketones (excluding diaryl/α,β-unsaturated/α-hetero) is 1. The number of fused-ring (bicyclic) bond motifs is 4. The maximum atomic E-state index is 14.3. The van der Waals surface area contributed by atoms with Crippen LogP contribution in [0.4, 0.5) is 20.3 Å². The van der Waals surface area contributed by atoms with Crippen molar-refractivity contribution >= 4 is 51.7 Å². The van der Waals surface area contributed by atoms with Crippen LogP contribution in [0.3, 0.4) is 0 Å². The Labute approximate surface area is 372 Å². The summed E-state index contributed by atoms with van der Waals surface area (Å²) in [5.74, 6) is -0.334. The molecule has 346 valence electrons. The lowest BCUT2D eigenvalue weighted by Gasteiger charge is -2.29. The molecule has 4 aromatic heterocycles. The highest BCUT2D eigenvalue weighted by molar-refractivity contribution is 6.08. The molecule has 1 aromatic carbocycles. The van der Waals surface area contributed by atoms with Gasteiger partial charge in [-0.2, -0.15) is 10.2 Å². The van der Waals surface area contributed by atoms with E-state index in [4.69, 9.17) is 14.5 Å². The van der Waals surface area contributed by atoms with Gasteiger partial charge in [-0.15, -0.1) is 0 Å². The van der Waals surface area contributed by atoms with Gasteiger partial charge in [-0.05, 0) is 101 Å². The maximum absolute atomic E-state index is 14.3. The van der Waals surface area contributed by atoms with Crippen molar-refractivity contribution in [1.29, 1.82) is 0 Å². The summed E-state index contributed by atoms with van der Waals surface area (Å²) >= 11 is 0. The molecule has 3 aliphatic heterocycles. The second-order valence-corrected chi connectivity index (χ2v) is 17.8. The van der Waals surface area contributed by atoms with Gasteiger partial charge in [0.15, 0.2) is 11.3 Å². The number of ketones is 1. The quantitative estimate of drug-likeness (QED) is 0.0658. The Kier molecular flexibility index (Phi) is 13.2. The van der Waals surface area contributed by atoms with Gasteiger partial charge in [0.25, 0.3) is 12.3 Å². The second-order valence-electron chi connectivity index (χ2n) is 17.8. The number of imide groups is 1. The highest BCUT2D eigenvalue weighted by atomic mass is 19.3. The van der Waals surface area contributed by atoms with E-state index in [2.05, 4.69) is 36.0 Å². The zero-order valence-electron chi connectivity index (χ0n) is 36.3. The number of carbonyl (C=O) groups is 4. The molecule has 65 heavy (non-hydrogen) atoms. The van der Waals surface area contributed by atoms with Gasteiger partial charge >= 0.3 is 5.69 Å². The number of alkyl halides is 2. The third-order valence-electron chi connectivity index (χ3n) is 13.5. The van der Waals surface area contributed by atoms with E-state index >= 15 is 0 Å². The van der Waals surface area contributed by atoms with E-state index in [1.807, 2.05) is 18.2 Å². The number of ether oxygens (including phenoxy) is 2. The predicted molar refractivity (Wildman–Crippen MR) is 234 cm³/mol. The van der Waals surface area contributed by atoms with Crippen LogP contribution in [0.15, 0.2) is 47.7 Å². The normalized spacial score (nSPS) is 22.6. The number of piperidine rings is 1. The topological polar surface area (TPSA) is 212 Å². The van der Waals surface area contributed by atoms with Crippen LogP contribution < -0.4 is 26.5 Å². The molecule has 4 aliphatic rings. The van der Waals surface area contributed by atoms with E-state index in [-0.39, 0.29) is 65.6 Å². The first-order valence-electron chi connectivity index (χ1n) is 22.8. The van der Waals surface area contributed by atoms with Gasteiger partial charge in [-0.25, -0.2) is 23.1 Å². The minimum atomic E-state index is -2.88. The van der Waals surface area contributed by atoms with Gasteiger partial charge in [0.05, 0.1) is 47.7 Å². The molecule has 5 aromatic rings.